The molecule has 75 valence electrons. The number of hydrogen-bond acceptors (Lipinski definition) is 0. The van der Waals surface area contributed by atoms with Gasteiger partial charge in [-0.25, -0.2) is 0 Å². The summed E-state index contributed by atoms with van der Waals surface area (Å²) in [4.78, 5) is 0. The zero-order chi connectivity index (χ0) is 10.4. The second-order valence-electron chi connectivity index (χ2n) is 4.65. The third kappa shape index (κ3) is 1.53. The maximum absolute atomic E-state index is 2.42. The standard InChI is InChI=1S/C10H15.2CH3.Cr/c1-7-6-10(4,5)9(3)8(7)2;;;/h1-5H3;2*1H3;. The van der Waals surface area contributed by atoms with Crippen molar-refractivity contribution in [3.8, 4) is 0 Å². The zero-order valence-electron chi connectivity index (χ0n) is 9.91. The van der Waals surface area contributed by atoms with Gasteiger partial charge in [-0.3, -0.25) is 0 Å². The molecule has 13 heavy (non-hydrogen) atoms. The molecule has 0 aromatic rings. The molecule has 0 saturated heterocycles. The molecule has 0 aromatic heterocycles. The van der Waals surface area contributed by atoms with Crippen molar-refractivity contribution in [2.75, 3.05) is 0 Å². The van der Waals surface area contributed by atoms with E-state index in [1.165, 1.54) is 5.57 Å². The normalized spacial score (nSPS) is 22.2. The first kappa shape index (κ1) is 11.1. The van der Waals surface area contributed by atoms with Crippen LogP contribution in [-0.4, -0.2) is 0 Å². The van der Waals surface area contributed by atoms with E-state index in [1.54, 1.807) is 15.6 Å². The van der Waals surface area contributed by atoms with Crippen molar-refractivity contribution in [3.05, 3.63) is 21.2 Å². The van der Waals surface area contributed by atoms with Crippen LogP contribution in [0.1, 0.15) is 34.6 Å². The minimum absolute atomic E-state index is 0.350. The first-order chi connectivity index (χ1) is 5.80. The van der Waals surface area contributed by atoms with Crippen molar-refractivity contribution < 1.29 is 14.1 Å². The quantitative estimate of drug-likeness (QED) is 0.612. The van der Waals surface area contributed by atoms with Crippen LogP contribution in [0.5, 0.6) is 0 Å². The van der Waals surface area contributed by atoms with Crippen molar-refractivity contribution in [1.29, 1.82) is 0 Å². The Kier molecular flexibility index (Phi) is 2.81. The average molecular weight is 217 g/mol. The van der Waals surface area contributed by atoms with E-state index in [0.29, 0.717) is 5.41 Å². The van der Waals surface area contributed by atoms with Crippen LogP contribution in [0.25, 0.3) is 0 Å². The van der Waals surface area contributed by atoms with E-state index in [4.69, 9.17) is 0 Å². The molecule has 1 rings (SSSR count). The van der Waals surface area contributed by atoms with Gasteiger partial charge in [0, 0.05) is 0 Å². The average Bonchev–Trinajstić information content (AvgIpc) is 2.12. The molecule has 0 unspecified atom stereocenters. The Morgan fingerprint density at radius 3 is 1.54 bits per heavy atom. The number of hydrogen-bond donors (Lipinski definition) is 0. The van der Waals surface area contributed by atoms with Gasteiger partial charge in [0.1, 0.15) is 0 Å². The van der Waals surface area contributed by atoms with Gasteiger partial charge in [-0.15, -0.1) is 0 Å². The molecular formula is C12H21Cr. The van der Waals surface area contributed by atoms with E-state index >= 15 is 0 Å². The molecule has 1 aliphatic carbocycles. The summed E-state index contributed by atoms with van der Waals surface area (Å²) in [7, 11) is 0. The molecule has 0 radical (unpaired) electrons. The molecule has 0 aliphatic heterocycles. The number of rotatable bonds is 1. The van der Waals surface area contributed by atoms with Crippen molar-refractivity contribution in [2.24, 2.45) is 5.41 Å². The summed E-state index contributed by atoms with van der Waals surface area (Å²) in [6, 6.07) is 0. The van der Waals surface area contributed by atoms with Gasteiger partial charge in [-0.1, -0.05) is 0 Å². The molecule has 0 atom stereocenters. The van der Waals surface area contributed by atoms with Crippen LogP contribution >= 0.6 is 0 Å². The minimum atomic E-state index is -0.513. The summed E-state index contributed by atoms with van der Waals surface area (Å²) in [5, 5.41) is 0. The van der Waals surface area contributed by atoms with Gasteiger partial charge in [0.2, 0.25) is 0 Å². The number of allylic oxidation sites excluding steroid dienone is 4. The van der Waals surface area contributed by atoms with Crippen LogP contribution in [0.15, 0.2) is 21.2 Å². The van der Waals surface area contributed by atoms with Gasteiger partial charge in [-0.2, -0.15) is 0 Å². The van der Waals surface area contributed by atoms with Crippen LogP contribution in [-0.2, 0) is 14.1 Å². The molecule has 1 aliphatic rings. The van der Waals surface area contributed by atoms with Crippen LogP contribution in [0.4, 0.5) is 0 Å². The van der Waals surface area contributed by atoms with Crippen LogP contribution < -0.4 is 0 Å². The SMILES string of the molecule is CC1=C(C)C(C)(C)[C]([Cr]([CH3])[CH3])=C1C. The molecule has 0 aromatic carbocycles. The van der Waals surface area contributed by atoms with Crippen LogP contribution in [0, 0.1) is 5.41 Å². The summed E-state index contributed by atoms with van der Waals surface area (Å²) in [5.41, 5.74) is 5.05. The van der Waals surface area contributed by atoms with Crippen molar-refractivity contribution in [3.63, 3.8) is 0 Å². The van der Waals surface area contributed by atoms with E-state index < -0.39 is 14.1 Å². The van der Waals surface area contributed by atoms with Gasteiger partial charge in [0.15, 0.2) is 0 Å². The Morgan fingerprint density at radius 2 is 1.38 bits per heavy atom. The molecule has 0 bridgehead atoms. The maximum atomic E-state index is 2.42. The van der Waals surface area contributed by atoms with E-state index in [9.17, 15) is 0 Å². The van der Waals surface area contributed by atoms with Gasteiger partial charge in [-0.05, 0) is 0 Å². The molecule has 0 amide bonds. The fourth-order valence-electron chi connectivity index (χ4n) is 2.38. The van der Waals surface area contributed by atoms with Gasteiger partial charge in [0.25, 0.3) is 0 Å². The zero-order valence-corrected chi connectivity index (χ0v) is 11.2. The Hall–Kier alpha value is 0.0125. The Labute approximate surface area is 87.1 Å². The fourth-order valence-corrected chi connectivity index (χ4v) is 5.40. The van der Waals surface area contributed by atoms with E-state index in [0.717, 1.165) is 0 Å². The summed E-state index contributed by atoms with van der Waals surface area (Å²) in [5.74, 6) is 4.85. The third-order valence-electron chi connectivity index (χ3n) is 3.38. The second kappa shape index (κ2) is 3.30. The third-order valence-corrected chi connectivity index (χ3v) is 5.93. The van der Waals surface area contributed by atoms with E-state index in [1.807, 2.05) is 0 Å². The van der Waals surface area contributed by atoms with Crippen LogP contribution in [0.3, 0.4) is 0 Å². The Morgan fingerprint density at radius 1 is 0.923 bits per heavy atom. The summed E-state index contributed by atoms with van der Waals surface area (Å²) >= 11 is -0.513. The predicted molar refractivity (Wildman–Crippen MR) is 56.6 cm³/mol. The molecule has 1 heteroatoms. The summed E-state index contributed by atoms with van der Waals surface area (Å²) in [6.07, 6.45) is 0. The van der Waals surface area contributed by atoms with E-state index in [2.05, 4.69) is 46.2 Å². The van der Waals surface area contributed by atoms with Crippen molar-refractivity contribution in [1.82, 2.24) is 0 Å². The van der Waals surface area contributed by atoms with Gasteiger partial charge < -0.3 is 0 Å². The van der Waals surface area contributed by atoms with Gasteiger partial charge >= 0.3 is 86.9 Å². The van der Waals surface area contributed by atoms with Crippen molar-refractivity contribution in [2.45, 2.75) is 46.2 Å². The predicted octanol–water partition coefficient (Wildman–Crippen LogP) is 4.35. The second-order valence-corrected chi connectivity index (χ2v) is 7.83. The molecule has 0 spiro atoms. The molecule has 0 nitrogen and oxygen atoms in total. The fraction of sp³-hybridized carbons (Fsp3) is 0.667. The Bertz CT molecular complexity index is 290. The Balaban J connectivity index is 3.28. The van der Waals surface area contributed by atoms with Crippen LogP contribution in [0.2, 0.25) is 11.6 Å². The molecule has 0 fully saturated rings. The first-order valence-corrected chi connectivity index (χ1v) is 7.96. The molecule has 0 saturated carbocycles. The molecular weight excluding hydrogens is 196 g/mol. The monoisotopic (exact) mass is 217 g/mol. The van der Waals surface area contributed by atoms with Gasteiger partial charge in [0.05, 0.1) is 0 Å². The van der Waals surface area contributed by atoms with E-state index in [-0.39, 0.29) is 0 Å². The van der Waals surface area contributed by atoms with Crippen molar-refractivity contribution >= 4 is 0 Å². The summed E-state index contributed by atoms with van der Waals surface area (Å²) in [6.45, 7) is 11.6. The molecule has 0 N–H and O–H groups in total. The topological polar surface area (TPSA) is 0 Å². The first-order valence-electron chi connectivity index (χ1n) is 4.77. The summed E-state index contributed by atoms with van der Waals surface area (Å²) < 4.78 is 1.75. The molecule has 0 heterocycles.